The Morgan fingerprint density at radius 3 is 2.50 bits per heavy atom. The van der Waals surface area contributed by atoms with Gasteiger partial charge in [-0.15, -0.1) is 0 Å². The molecule has 1 fully saturated rings. The van der Waals surface area contributed by atoms with Crippen molar-refractivity contribution in [3.63, 3.8) is 0 Å². The van der Waals surface area contributed by atoms with Crippen LogP contribution in [0.2, 0.25) is 5.02 Å². The van der Waals surface area contributed by atoms with E-state index in [4.69, 9.17) is 16.3 Å². The smallest absolute Gasteiger partial charge is 0.134 e. The van der Waals surface area contributed by atoms with E-state index in [1.54, 1.807) is 24.4 Å². The Kier molecular flexibility index (Phi) is 4.61. The summed E-state index contributed by atoms with van der Waals surface area (Å²) in [5, 5.41) is 9.72. The number of ether oxygens (including phenoxy) is 1. The predicted molar refractivity (Wildman–Crippen MR) is 89.8 cm³/mol. The quantitative estimate of drug-likeness (QED) is 0.879. The number of nitrogens with zero attached hydrogens (tertiary/aromatic N) is 2. The van der Waals surface area contributed by atoms with Crippen molar-refractivity contribution in [2.45, 2.75) is 0 Å². The van der Waals surface area contributed by atoms with Gasteiger partial charge in [-0.2, -0.15) is 0 Å². The zero-order valence-corrected chi connectivity index (χ0v) is 12.8. The Bertz CT molecular complexity index is 665. The third-order valence-electron chi connectivity index (χ3n) is 3.56. The van der Waals surface area contributed by atoms with Gasteiger partial charge in [0.05, 0.1) is 23.9 Å². The van der Waals surface area contributed by atoms with Crippen LogP contribution < -0.4 is 4.90 Å². The van der Waals surface area contributed by atoms with E-state index < -0.39 is 0 Å². The van der Waals surface area contributed by atoms with Crippen LogP contribution in [0.15, 0.2) is 47.5 Å². The van der Waals surface area contributed by atoms with E-state index in [1.165, 1.54) is 5.69 Å². The number of morpholine rings is 1. The molecule has 3 rings (SSSR count). The second-order valence-electron chi connectivity index (χ2n) is 5.08. The van der Waals surface area contributed by atoms with Gasteiger partial charge >= 0.3 is 0 Å². The highest BCUT2D eigenvalue weighted by Gasteiger charge is 2.10. The minimum atomic E-state index is 0.0775. The van der Waals surface area contributed by atoms with Gasteiger partial charge in [0.25, 0.3) is 0 Å². The fourth-order valence-electron chi connectivity index (χ4n) is 2.32. The molecule has 1 saturated heterocycles. The summed E-state index contributed by atoms with van der Waals surface area (Å²) in [6, 6.07) is 13.1. The Labute approximate surface area is 134 Å². The number of hydrogen-bond donors (Lipinski definition) is 1. The number of benzene rings is 2. The molecule has 0 spiro atoms. The van der Waals surface area contributed by atoms with Gasteiger partial charge in [0.2, 0.25) is 0 Å². The third kappa shape index (κ3) is 3.59. The van der Waals surface area contributed by atoms with Crippen molar-refractivity contribution in [3.05, 3.63) is 53.1 Å². The van der Waals surface area contributed by atoms with Crippen LogP contribution in [0.3, 0.4) is 0 Å². The number of rotatable bonds is 3. The van der Waals surface area contributed by atoms with Gasteiger partial charge in [0.1, 0.15) is 5.75 Å². The molecule has 1 N–H and O–H groups in total. The van der Waals surface area contributed by atoms with E-state index in [9.17, 15) is 5.11 Å². The highest BCUT2D eigenvalue weighted by molar-refractivity contribution is 6.32. The maximum atomic E-state index is 9.39. The molecule has 0 bridgehead atoms. The number of aromatic hydroxyl groups is 1. The molecule has 4 nitrogen and oxygen atoms in total. The zero-order chi connectivity index (χ0) is 15.4. The summed E-state index contributed by atoms with van der Waals surface area (Å²) in [6.07, 6.45) is 1.73. The molecule has 2 aromatic rings. The van der Waals surface area contributed by atoms with Crippen LogP contribution in [0.25, 0.3) is 0 Å². The van der Waals surface area contributed by atoms with E-state index >= 15 is 0 Å². The van der Waals surface area contributed by atoms with Crippen molar-refractivity contribution in [1.82, 2.24) is 0 Å². The Hall–Kier alpha value is -2.04. The van der Waals surface area contributed by atoms with Crippen LogP contribution in [-0.2, 0) is 4.74 Å². The van der Waals surface area contributed by atoms with Crippen molar-refractivity contribution >= 4 is 29.2 Å². The summed E-state index contributed by atoms with van der Waals surface area (Å²) >= 11 is 5.87. The first-order chi connectivity index (χ1) is 10.7. The van der Waals surface area contributed by atoms with E-state index in [-0.39, 0.29) is 5.75 Å². The number of hydrogen-bond acceptors (Lipinski definition) is 4. The summed E-state index contributed by atoms with van der Waals surface area (Å²) in [5.74, 6) is 0.0775. The number of phenolic OH excluding ortho intramolecular Hbond substituents is 1. The highest BCUT2D eigenvalue weighted by atomic mass is 35.5. The van der Waals surface area contributed by atoms with Crippen molar-refractivity contribution in [1.29, 1.82) is 0 Å². The third-order valence-corrected chi connectivity index (χ3v) is 3.86. The van der Waals surface area contributed by atoms with Gasteiger partial charge in [-0.3, -0.25) is 4.99 Å². The van der Waals surface area contributed by atoms with E-state index in [0.717, 1.165) is 37.6 Å². The first-order valence-corrected chi connectivity index (χ1v) is 7.55. The summed E-state index contributed by atoms with van der Waals surface area (Å²) in [6.45, 7) is 3.41. The van der Waals surface area contributed by atoms with Gasteiger partial charge in [0, 0.05) is 25.0 Å². The van der Waals surface area contributed by atoms with Crippen molar-refractivity contribution in [2.24, 2.45) is 4.99 Å². The summed E-state index contributed by atoms with van der Waals surface area (Å²) in [7, 11) is 0. The second-order valence-corrected chi connectivity index (χ2v) is 5.49. The lowest BCUT2D eigenvalue weighted by atomic mass is 10.2. The molecule has 0 saturated carbocycles. The number of phenols is 1. The molecule has 22 heavy (non-hydrogen) atoms. The number of anilines is 1. The predicted octanol–water partition coefficient (Wildman–Crippen LogP) is 3.63. The van der Waals surface area contributed by atoms with Gasteiger partial charge in [-0.05, 0) is 48.0 Å². The van der Waals surface area contributed by atoms with Crippen LogP contribution in [0, 0.1) is 0 Å². The van der Waals surface area contributed by atoms with Crippen molar-refractivity contribution in [2.75, 3.05) is 31.2 Å². The summed E-state index contributed by atoms with van der Waals surface area (Å²) in [5.41, 5.74) is 2.91. The average molecular weight is 317 g/mol. The van der Waals surface area contributed by atoms with E-state index in [0.29, 0.717) is 5.02 Å². The van der Waals surface area contributed by atoms with E-state index in [1.807, 2.05) is 12.1 Å². The lowest BCUT2D eigenvalue weighted by Gasteiger charge is -2.28. The van der Waals surface area contributed by atoms with Gasteiger partial charge in [0.15, 0.2) is 0 Å². The molecule has 0 radical (unpaired) electrons. The largest absolute Gasteiger partial charge is 0.506 e. The monoisotopic (exact) mass is 316 g/mol. The van der Waals surface area contributed by atoms with Crippen LogP contribution in [0.1, 0.15) is 5.56 Å². The van der Waals surface area contributed by atoms with Crippen molar-refractivity contribution in [3.8, 4) is 5.75 Å². The fraction of sp³-hybridized carbons (Fsp3) is 0.235. The molecule has 0 atom stereocenters. The maximum Gasteiger partial charge on any atom is 0.134 e. The molecule has 0 aliphatic carbocycles. The second kappa shape index (κ2) is 6.81. The fourth-order valence-corrected chi connectivity index (χ4v) is 2.51. The minimum Gasteiger partial charge on any atom is -0.506 e. The molecule has 1 aliphatic heterocycles. The van der Waals surface area contributed by atoms with Crippen molar-refractivity contribution < 1.29 is 9.84 Å². The molecule has 2 aromatic carbocycles. The Balaban J connectivity index is 1.69. The average Bonchev–Trinajstić information content (AvgIpc) is 2.57. The summed E-state index contributed by atoms with van der Waals surface area (Å²) in [4.78, 5) is 6.73. The van der Waals surface area contributed by atoms with Crippen LogP contribution in [0.5, 0.6) is 5.75 Å². The van der Waals surface area contributed by atoms with Gasteiger partial charge in [-0.25, -0.2) is 0 Å². The van der Waals surface area contributed by atoms with Crippen LogP contribution in [-0.4, -0.2) is 37.6 Å². The molecule has 0 unspecified atom stereocenters. The topological polar surface area (TPSA) is 45.1 Å². The lowest BCUT2D eigenvalue weighted by Crippen LogP contribution is -2.36. The number of aliphatic imine (C=N–C) groups is 1. The first-order valence-electron chi connectivity index (χ1n) is 7.18. The van der Waals surface area contributed by atoms with Gasteiger partial charge in [-0.1, -0.05) is 11.6 Å². The SMILES string of the molecule is Oc1ccc(C=Nc2ccc(N3CCOCC3)cc2)cc1Cl. The maximum absolute atomic E-state index is 9.39. The molecule has 1 heterocycles. The molecule has 0 aromatic heterocycles. The first kappa shape index (κ1) is 14.9. The number of halogens is 1. The molecule has 1 aliphatic rings. The van der Waals surface area contributed by atoms with Gasteiger partial charge < -0.3 is 14.7 Å². The Morgan fingerprint density at radius 2 is 1.82 bits per heavy atom. The standard InChI is InChI=1S/C17H17ClN2O2/c18-16-11-13(1-6-17(16)21)12-19-14-2-4-15(5-3-14)20-7-9-22-10-8-20/h1-6,11-12,21H,7-10H2. The van der Waals surface area contributed by atoms with E-state index in [2.05, 4.69) is 22.0 Å². The highest BCUT2D eigenvalue weighted by Crippen LogP contribution is 2.24. The Morgan fingerprint density at radius 1 is 1.09 bits per heavy atom. The van der Waals surface area contributed by atoms with Crippen LogP contribution in [0.4, 0.5) is 11.4 Å². The lowest BCUT2D eigenvalue weighted by molar-refractivity contribution is 0.122. The van der Waals surface area contributed by atoms with Crippen LogP contribution >= 0.6 is 11.6 Å². The molecular weight excluding hydrogens is 300 g/mol. The summed E-state index contributed by atoms with van der Waals surface area (Å²) < 4.78 is 5.36. The normalized spacial score (nSPS) is 15.4. The molecule has 114 valence electrons. The minimum absolute atomic E-state index is 0.0775. The zero-order valence-electron chi connectivity index (χ0n) is 12.1. The molecule has 0 amide bonds. The molecular formula is C17H17ClN2O2. The molecule has 5 heteroatoms.